The van der Waals surface area contributed by atoms with Crippen molar-refractivity contribution in [3.63, 3.8) is 0 Å². The molecule has 2 rings (SSSR count). The molecular formula is C12H16BrNO4S2. The van der Waals surface area contributed by atoms with Crippen LogP contribution in [0.4, 0.5) is 0 Å². The van der Waals surface area contributed by atoms with E-state index in [2.05, 4.69) is 20.7 Å². The van der Waals surface area contributed by atoms with Crippen molar-refractivity contribution in [3.8, 4) is 0 Å². The molecule has 8 heteroatoms. The highest BCUT2D eigenvalue weighted by atomic mass is 79.9. The number of ether oxygens (including phenoxy) is 1. The number of hydrogen-bond donors (Lipinski definition) is 0. The summed E-state index contributed by atoms with van der Waals surface area (Å²) >= 11 is 4.46. The van der Waals surface area contributed by atoms with Gasteiger partial charge in [0.1, 0.15) is 4.21 Å². The zero-order valence-corrected chi connectivity index (χ0v) is 14.3. The Kier molecular flexibility index (Phi) is 5.22. The Labute approximate surface area is 131 Å². The number of rotatable bonds is 4. The fourth-order valence-corrected chi connectivity index (χ4v) is 6.15. The smallest absolute Gasteiger partial charge is 0.307 e. The van der Waals surface area contributed by atoms with Crippen LogP contribution in [0.1, 0.15) is 25.7 Å². The van der Waals surface area contributed by atoms with E-state index >= 15 is 0 Å². The Morgan fingerprint density at radius 3 is 2.85 bits per heavy atom. The Morgan fingerprint density at radius 1 is 1.50 bits per heavy atom. The Morgan fingerprint density at radius 2 is 2.25 bits per heavy atom. The van der Waals surface area contributed by atoms with E-state index in [4.69, 9.17) is 0 Å². The van der Waals surface area contributed by atoms with Gasteiger partial charge in [0, 0.05) is 12.6 Å². The summed E-state index contributed by atoms with van der Waals surface area (Å²) in [5, 5.41) is 0. The summed E-state index contributed by atoms with van der Waals surface area (Å²) in [6.07, 6.45) is 2.56. The molecule has 20 heavy (non-hydrogen) atoms. The largest absolute Gasteiger partial charge is 0.469 e. The third-order valence-corrected chi connectivity index (χ3v) is 7.36. The van der Waals surface area contributed by atoms with Crippen molar-refractivity contribution in [2.24, 2.45) is 0 Å². The van der Waals surface area contributed by atoms with Crippen LogP contribution in [0.3, 0.4) is 0 Å². The number of piperidine rings is 1. The number of nitrogens with zero attached hydrogens (tertiary/aromatic N) is 1. The van der Waals surface area contributed by atoms with Crippen LogP contribution in [0, 0.1) is 0 Å². The molecule has 2 heterocycles. The maximum atomic E-state index is 12.6. The number of hydrogen-bond acceptors (Lipinski definition) is 5. The van der Waals surface area contributed by atoms with Crippen LogP contribution >= 0.6 is 27.3 Å². The van der Waals surface area contributed by atoms with Gasteiger partial charge in [0.15, 0.2) is 0 Å². The van der Waals surface area contributed by atoms with Crippen molar-refractivity contribution in [1.29, 1.82) is 0 Å². The minimum Gasteiger partial charge on any atom is -0.469 e. The van der Waals surface area contributed by atoms with Crippen LogP contribution in [-0.4, -0.2) is 38.4 Å². The molecule has 1 unspecified atom stereocenters. The van der Waals surface area contributed by atoms with Gasteiger partial charge in [-0.1, -0.05) is 6.42 Å². The number of thiophene rings is 1. The molecule has 0 saturated carbocycles. The molecule has 1 atom stereocenters. The summed E-state index contributed by atoms with van der Waals surface area (Å²) in [5.41, 5.74) is 0. The van der Waals surface area contributed by atoms with E-state index in [1.54, 1.807) is 12.1 Å². The van der Waals surface area contributed by atoms with Gasteiger partial charge in [0.25, 0.3) is 10.0 Å². The molecule has 1 saturated heterocycles. The maximum Gasteiger partial charge on any atom is 0.307 e. The Hall–Kier alpha value is -0.440. The van der Waals surface area contributed by atoms with Crippen LogP contribution < -0.4 is 0 Å². The molecule has 1 aromatic heterocycles. The maximum absolute atomic E-state index is 12.6. The summed E-state index contributed by atoms with van der Waals surface area (Å²) in [4.78, 5) is 11.4. The average Bonchev–Trinajstić information content (AvgIpc) is 2.86. The van der Waals surface area contributed by atoms with E-state index in [1.807, 2.05) is 0 Å². The number of carbonyl (C=O) groups is 1. The van der Waals surface area contributed by atoms with Crippen molar-refractivity contribution >= 4 is 43.3 Å². The normalized spacial score (nSPS) is 20.8. The lowest BCUT2D eigenvalue weighted by Gasteiger charge is -2.33. The van der Waals surface area contributed by atoms with Gasteiger partial charge in [0.2, 0.25) is 0 Å². The molecule has 0 radical (unpaired) electrons. The number of esters is 1. The van der Waals surface area contributed by atoms with E-state index in [9.17, 15) is 13.2 Å². The number of sulfonamides is 1. The number of carbonyl (C=O) groups excluding carboxylic acids is 1. The topological polar surface area (TPSA) is 63.7 Å². The molecule has 1 aliphatic rings. The molecule has 0 aliphatic carbocycles. The third-order valence-electron chi connectivity index (χ3n) is 3.31. The summed E-state index contributed by atoms with van der Waals surface area (Å²) < 4.78 is 32.5. The first-order valence-electron chi connectivity index (χ1n) is 6.29. The highest BCUT2D eigenvalue weighted by Gasteiger charge is 2.35. The van der Waals surface area contributed by atoms with Gasteiger partial charge in [-0.05, 0) is 40.9 Å². The minimum absolute atomic E-state index is 0.113. The minimum atomic E-state index is -3.53. The lowest BCUT2D eigenvalue weighted by molar-refractivity contribution is -0.141. The van der Waals surface area contributed by atoms with E-state index in [-0.39, 0.29) is 18.4 Å². The fourth-order valence-electron chi connectivity index (χ4n) is 2.32. The van der Waals surface area contributed by atoms with Crippen molar-refractivity contribution in [1.82, 2.24) is 4.31 Å². The van der Waals surface area contributed by atoms with Gasteiger partial charge in [-0.25, -0.2) is 8.42 Å². The molecule has 1 aromatic rings. The van der Waals surface area contributed by atoms with Crippen LogP contribution in [0.2, 0.25) is 0 Å². The summed E-state index contributed by atoms with van der Waals surface area (Å²) in [5.74, 6) is -0.371. The summed E-state index contributed by atoms with van der Waals surface area (Å²) in [6, 6.07) is 3.01. The van der Waals surface area contributed by atoms with Crippen molar-refractivity contribution < 1.29 is 17.9 Å². The predicted molar refractivity (Wildman–Crippen MR) is 80.2 cm³/mol. The molecule has 0 bridgehead atoms. The number of methoxy groups -OCH3 is 1. The molecule has 0 N–H and O–H groups in total. The van der Waals surface area contributed by atoms with Gasteiger partial charge in [0.05, 0.1) is 17.3 Å². The van der Waals surface area contributed by atoms with Crippen molar-refractivity contribution in [2.45, 2.75) is 35.9 Å². The second-order valence-corrected chi connectivity index (χ2v) is 9.18. The molecule has 5 nitrogen and oxygen atoms in total. The van der Waals surface area contributed by atoms with Crippen molar-refractivity contribution in [3.05, 3.63) is 15.9 Å². The van der Waals surface area contributed by atoms with Gasteiger partial charge >= 0.3 is 5.97 Å². The van der Waals surface area contributed by atoms with Gasteiger partial charge in [-0.15, -0.1) is 11.3 Å². The van der Waals surface area contributed by atoms with Crippen LogP contribution in [-0.2, 0) is 19.6 Å². The highest BCUT2D eigenvalue weighted by Crippen LogP contribution is 2.32. The quantitative estimate of drug-likeness (QED) is 0.751. The van der Waals surface area contributed by atoms with E-state index in [0.29, 0.717) is 17.2 Å². The van der Waals surface area contributed by atoms with Gasteiger partial charge < -0.3 is 4.74 Å². The van der Waals surface area contributed by atoms with Crippen LogP contribution in [0.25, 0.3) is 0 Å². The highest BCUT2D eigenvalue weighted by molar-refractivity contribution is 9.11. The standard InChI is InChI=1S/C12H16BrNO4S2/c1-18-11(15)8-9-4-2-3-7-14(9)20(16,17)12-6-5-10(13)19-12/h5-6,9H,2-4,7-8H2,1H3. The van der Waals surface area contributed by atoms with Gasteiger partial charge in [-0.2, -0.15) is 4.31 Å². The van der Waals surface area contributed by atoms with Crippen molar-refractivity contribution in [2.75, 3.05) is 13.7 Å². The monoisotopic (exact) mass is 381 g/mol. The predicted octanol–water partition coefficient (Wildman–Crippen LogP) is 2.62. The van der Waals surface area contributed by atoms with Gasteiger partial charge in [-0.3, -0.25) is 4.79 Å². The van der Waals surface area contributed by atoms with E-state index < -0.39 is 10.0 Å². The first kappa shape index (κ1) is 15.9. The number of halogens is 1. The lowest BCUT2D eigenvalue weighted by atomic mass is 10.0. The second kappa shape index (κ2) is 6.55. The Balaban J connectivity index is 2.25. The average molecular weight is 382 g/mol. The summed E-state index contributed by atoms with van der Waals surface area (Å²) in [7, 11) is -2.21. The SMILES string of the molecule is COC(=O)CC1CCCCN1S(=O)(=O)c1ccc(Br)s1. The first-order valence-corrected chi connectivity index (χ1v) is 9.34. The van der Waals surface area contributed by atoms with Crippen LogP contribution in [0.15, 0.2) is 20.1 Å². The molecule has 0 amide bonds. The Bertz CT molecular complexity index is 584. The first-order chi connectivity index (χ1) is 9.45. The zero-order valence-electron chi connectivity index (χ0n) is 11.0. The lowest BCUT2D eigenvalue weighted by Crippen LogP contribution is -2.44. The second-order valence-electron chi connectivity index (χ2n) is 4.60. The molecular weight excluding hydrogens is 366 g/mol. The molecule has 1 aliphatic heterocycles. The molecule has 0 aromatic carbocycles. The summed E-state index contributed by atoms with van der Waals surface area (Å²) in [6.45, 7) is 0.458. The van der Waals surface area contributed by atoms with E-state index in [1.165, 1.54) is 22.8 Å². The molecule has 0 spiro atoms. The fraction of sp³-hybridized carbons (Fsp3) is 0.583. The molecule has 1 fully saturated rings. The molecule has 112 valence electrons. The van der Waals surface area contributed by atoms with E-state index in [0.717, 1.165) is 16.6 Å². The van der Waals surface area contributed by atoms with Crippen LogP contribution in [0.5, 0.6) is 0 Å². The zero-order chi connectivity index (χ0) is 14.8. The third kappa shape index (κ3) is 3.41.